The summed E-state index contributed by atoms with van der Waals surface area (Å²) in [6, 6.07) is 8.24. The number of nitrogens with zero attached hydrogens (tertiary/aromatic N) is 2. The number of rotatable bonds is 3. The van der Waals surface area contributed by atoms with Gasteiger partial charge in [0.25, 0.3) is 5.91 Å². The van der Waals surface area contributed by atoms with Gasteiger partial charge in [0, 0.05) is 29.9 Å². The molecule has 2 amide bonds. The number of nitrogens with two attached hydrogens (primary N) is 1. The molecule has 1 aliphatic heterocycles. The number of carbonyl (C=O) groups excluding carboxylic acids is 2. The van der Waals surface area contributed by atoms with Gasteiger partial charge in [-0.05, 0) is 48.7 Å². The quantitative estimate of drug-likeness (QED) is 0.664. The lowest BCUT2D eigenvalue weighted by molar-refractivity contribution is -0.126. The maximum Gasteiger partial charge on any atom is 0.250 e. The highest BCUT2D eigenvalue weighted by Gasteiger charge is 2.25. The minimum atomic E-state index is -0.725. The van der Waals surface area contributed by atoms with Gasteiger partial charge in [-0.25, -0.2) is 4.39 Å². The maximum absolute atomic E-state index is 14.1. The van der Waals surface area contributed by atoms with Crippen LogP contribution in [0.5, 0.6) is 0 Å². The van der Waals surface area contributed by atoms with Crippen LogP contribution in [-0.4, -0.2) is 27.8 Å². The zero-order chi connectivity index (χ0) is 20.9. The van der Waals surface area contributed by atoms with Crippen molar-refractivity contribution >= 4 is 34.3 Å². The van der Waals surface area contributed by atoms with Gasteiger partial charge in [0.05, 0.1) is 16.1 Å². The minimum absolute atomic E-state index is 0.0758. The highest BCUT2D eigenvalue weighted by molar-refractivity contribution is 6.37. The van der Waals surface area contributed by atoms with Crippen LogP contribution in [0.2, 0.25) is 5.02 Å². The van der Waals surface area contributed by atoms with Crippen LogP contribution in [0.1, 0.15) is 27.2 Å². The van der Waals surface area contributed by atoms with E-state index >= 15 is 0 Å². The maximum atomic E-state index is 14.1. The van der Waals surface area contributed by atoms with Crippen molar-refractivity contribution < 1.29 is 14.0 Å². The Balaban J connectivity index is 1.98. The fourth-order valence-electron chi connectivity index (χ4n) is 4.07. The molecule has 2 heterocycles. The van der Waals surface area contributed by atoms with Gasteiger partial charge >= 0.3 is 0 Å². The topological polar surface area (TPSA) is 68.3 Å². The molecule has 0 radical (unpaired) electrons. The van der Waals surface area contributed by atoms with Crippen molar-refractivity contribution in [3.05, 3.63) is 76.2 Å². The van der Waals surface area contributed by atoms with Crippen LogP contribution >= 0.6 is 11.6 Å². The number of fused-ring (bicyclic) bond motifs is 2. The van der Waals surface area contributed by atoms with E-state index in [0.29, 0.717) is 41.1 Å². The van der Waals surface area contributed by atoms with Crippen LogP contribution in [0.4, 0.5) is 4.39 Å². The number of hydrogen-bond acceptors (Lipinski definition) is 2. The number of aromatic nitrogens is 1. The number of benzene rings is 2. The van der Waals surface area contributed by atoms with E-state index in [1.807, 2.05) is 29.7 Å². The molecule has 0 aliphatic carbocycles. The monoisotopic (exact) mass is 411 g/mol. The molecule has 0 bridgehead atoms. The van der Waals surface area contributed by atoms with Crippen LogP contribution < -0.4 is 5.73 Å². The van der Waals surface area contributed by atoms with E-state index in [1.165, 1.54) is 12.1 Å². The van der Waals surface area contributed by atoms with Gasteiger partial charge in [0.15, 0.2) is 0 Å². The molecular weight excluding hydrogens is 393 g/mol. The Hall–Kier alpha value is -3.12. The third kappa shape index (κ3) is 3.00. The van der Waals surface area contributed by atoms with Crippen molar-refractivity contribution in [3.8, 4) is 5.69 Å². The lowest BCUT2D eigenvalue weighted by Crippen LogP contribution is -2.35. The summed E-state index contributed by atoms with van der Waals surface area (Å²) in [7, 11) is 0. The first-order valence-corrected chi connectivity index (χ1v) is 9.53. The average Bonchev–Trinajstić information content (AvgIpc) is 2.96. The van der Waals surface area contributed by atoms with Crippen LogP contribution in [0.15, 0.2) is 43.0 Å². The third-order valence-electron chi connectivity index (χ3n) is 5.42. The van der Waals surface area contributed by atoms with E-state index in [0.717, 1.165) is 22.9 Å². The summed E-state index contributed by atoms with van der Waals surface area (Å²) in [6.45, 7) is 6.40. The standard InChI is InChI=1S/C22H19ClFN3O2/c1-3-19(28)26-8-7-15-13(11-26)5-4-6-18(15)27-12(2)20(23)16-9-14(24)10-17(21(16)27)22(25)29/h3-6,9-10H,1,7-8,11H2,2H3,(H2,25,29). The first-order valence-electron chi connectivity index (χ1n) is 9.15. The molecule has 0 unspecified atom stereocenters. The zero-order valence-corrected chi connectivity index (χ0v) is 16.6. The molecule has 5 nitrogen and oxygen atoms in total. The summed E-state index contributed by atoms with van der Waals surface area (Å²) in [5.74, 6) is -1.41. The Morgan fingerprint density at radius 2 is 2.07 bits per heavy atom. The van der Waals surface area contributed by atoms with Gasteiger partial charge in [-0.1, -0.05) is 30.3 Å². The minimum Gasteiger partial charge on any atom is -0.366 e. The largest absolute Gasteiger partial charge is 0.366 e. The van der Waals surface area contributed by atoms with Crippen molar-refractivity contribution in [1.29, 1.82) is 0 Å². The van der Waals surface area contributed by atoms with Gasteiger partial charge in [0.1, 0.15) is 5.82 Å². The first-order chi connectivity index (χ1) is 13.8. The van der Waals surface area contributed by atoms with Crippen LogP contribution in [0.25, 0.3) is 16.6 Å². The van der Waals surface area contributed by atoms with Gasteiger partial charge in [-0.2, -0.15) is 0 Å². The summed E-state index contributed by atoms with van der Waals surface area (Å²) >= 11 is 6.51. The highest BCUT2D eigenvalue weighted by Crippen LogP contribution is 2.37. The Labute approximate surface area is 172 Å². The summed E-state index contributed by atoms with van der Waals surface area (Å²) in [4.78, 5) is 25.8. The molecule has 0 fully saturated rings. The van der Waals surface area contributed by atoms with E-state index in [4.69, 9.17) is 17.3 Å². The van der Waals surface area contributed by atoms with Crippen LogP contribution in [0.3, 0.4) is 0 Å². The molecule has 29 heavy (non-hydrogen) atoms. The Morgan fingerprint density at radius 1 is 1.31 bits per heavy atom. The number of halogens is 2. The number of amides is 2. The molecule has 2 N–H and O–H groups in total. The van der Waals surface area contributed by atoms with Gasteiger partial charge in [-0.3, -0.25) is 9.59 Å². The van der Waals surface area contributed by atoms with Gasteiger partial charge < -0.3 is 15.2 Å². The Bertz CT molecular complexity index is 1200. The fraction of sp³-hybridized carbons (Fsp3) is 0.182. The molecular formula is C22H19ClFN3O2. The van der Waals surface area contributed by atoms with Crippen LogP contribution in [-0.2, 0) is 17.8 Å². The van der Waals surface area contributed by atoms with E-state index < -0.39 is 11.7 Å². The average molecular weight is 412 g/mol. The lowest BCUT2D eigenvalue weighted by atomic mass is 9.97. The normalized spacial score (nSPS) is 13.4. The van der Waals surface area contributed by atoms with Crippen molar-refractivity contribution in [1.82, 2.24) is 9.47 Å². The molecule has 0 spiro atoms. The fourth-order valence-corrected chi connectivity index (χ4v) is 4.30. The predicted molar refractivity (Wildman–Crippen MR) is 111 cm³/mol. The summed E-state index contributed by atoms with van der Waals surface area (Å²) in [5, 5.41) is 0.814. The van der Waals surface area contributed by atoms with Crippen molar-refractivity contribution in [3.63, 3.8) is 0 Å². The zero-order valence-electron chi connectivity index (χ0n) is 15.8. The van der Waals surface area contributed by atoms with Crippen LogP contribution in [0, 0.1) is 12.7 Å². The molecule has 2 aromatic carbocycles. The SMILES string of the molecule is C=CC(=O)N1CCc2c(cccc2-n2c(C)c(Cl)c3cc(F)cc(C(N)=O)c32)C1. The number of carbonyl (C=O) groups is 2. The lowest BCUT2D eigenvalue weighted by Gasteiger charge is -2.30. The van der Waals surface area contributed by atoms with Gasteiger partial charge in [0.2, 0.25) is 5.91 Å². The highest BCUT2D eigenvalue weighted by atomic mass is 35.5. The molecule has 148 valence electrons. The van der Waals surface area contributed by atoms with Crippen molar-refractivity contribution in [2.45, 2.75) is 19.9 Å². The number of primary amides is 1. The smallest absolute Gasteiger partial charge is 0.250 e. The van der Waals surface area contributed by atoms with E-state index in [2.05, 4.69) is 6.58 Å². The molecule has 0 saturated carbocycles. The third-order valence-corrected chi connectivity index (χ3v) is 5.90. The second-order valence-corrected chi connectivity index (χ2v) is 7.46. The van der Waals surface area contributed by atoms with E-state index in [1.54, 1.807) is 4.90 Å². The molecule has 7 heteroatoms. The van der Waals surface area contributed by atoms with E-state index in [-0.39, 0.29) is 11.5 Å². The predicted octanol–water partition coefficient (Wildman–Crippen LogP) is 3.90. The Kier molecular flexibility index (Phi) is 4.67. The summed E-state index contributed by atoms with van der Waals surface area (Å²) in [5.41, 5.74) is 9.69. The molecule has 3 aromatic rings. The summed E-state index contributed by atoms with van der Waals surface area (Å²) in [6.07, 6.45) is 1.95. The molecule has 1 aliphatic rings. The Morgan fingerprint density at radius 3 is 2.76 bits per heavy atom. The number of hydrogen-bond donors (Lipinski definition) is 1. The molecule has 0 atom stereocenters. The van der Waals surface area contributed by atoms with Gasteiger partial charge in [-0.15, -0.1) is 0 Å². The molecule has 4 rings (SSSR count). The van der Waals surface area contributed by atoms with E-state index in [9.17, 15) is 14.0 Å². The second kappa shape index (κ2) is 7.04. The summed E-state index contributed by atoms with van der Waals surface area (Å²) < 4.78 is 15.9. The molecule has 1 aromatic heterocycles. The second-order valence-electron chi connectivity index (χ2n) is 7.08. The van der Waals surface area contributed by atoms with Crippen molar-refractivity contribution in [2.75, 3.05) is 6.54 Å². The first kappa shape index (κ1) is 19.2. The molecule has 0 saturated heterocycles. The van der Waals surface area contributed by atoms with Crippen molar-refractivity contribution in [2.24, 2.45) is 5.73 Å².